The Morgan fingerprint density at radius 3 is 2.74 bits per heavy atom. The number of para-hydroxylation sites is 2. The molecule has 0 aliphatic rings. The number of thioether (sulfide) groups is 1. The Morgan fingerprint density at radius 1 is 1.19 bits per heavy atom. The summed E-state index contributed by atoms with van der Waals surface area (Å²) in [4.78, 5) is 12.4. The molecule has 1 N–H and O–H groups in total. The maximum atomic E-state index is 12.4. The lowest BCUT2D eigenvalue weighted by molar-refractivity contribution is -0.113. The van der Waals surface area contributed by atoms with Crippen LogP contribution in [0.15, 0.2) is 47.6 Å². The third-order valence-corrected chi connectivity index (χ3v) is 5.33. The molecule has 0 saturated heterocycles. The van der Waals surface area contributed by atoms with Crippen molar-refractivity contribution in [3.8, 4) is 11.4 Å². The molecule has 140 valence electrons. The average molecular weight is 403 g/mol. The summed E-state index contributed by atoms with van der Waals surface area (Å²) in [7, 11) is 1.62. The smallest absolute Gasteiger partial charge is 0.234 e. The van der Waals surface area contributed by atoms with Gasteiger partial charge >= 0.3 is 0 Å². The lowest BCUT2D eigenvalue weighted by atomic mass is 10.2. The number of nitrogens with zero attached hydrogens (tertiary/aromatic N) is 3. The SMILES string of the molecule is COc1ccccc1-n1c(C)nnc1SCC(=O)Nc1cccc(Cl)c1C. The number of nitrogens with one attached hydrogen (secondary N) is 1. The van der Waals surface area contributed by atoms with Crippen LogP contribution in [0.2, 0.25) is 5.02 Å². The van der Waals surface area contributed by atoms with Crippen molar-refractivity contribution in [2.75, 3.05) is 18.2 Å². The van der Waals surface area contributed by atoms with Gasteiger partial charge in [0, 0.05) is 10.7 Å². The maximum Gasteiger partial charge on any atom is 0.234 e. The van der Waals surface area contributed by atoms with Gasteiger partial charge in [-0.2, -0.15) is 0 Å². The quantitative estimate of drug-likeness (QED) is 0.623. The second-order valence-electron chi connectivity index (χ2n) is 5.79. The fourth-order valence-corrected chi connectivity index (χ4v) is 3.55. The van der Waals surface area contributed by atoms with Gasteiger partial charge in [-0.15, -0.1) is 10.2 Å². The van der Waals surface area contributed by atoms with E-state index < -0.39 is 0 Å². The minimum atomic E-state index is -0.141. The largest absolute Gasteiger partial charge is 0.495 e. The highest BCUT2D eigenvalue weighted by Gasteiger charge is 2.16. The minimum Gasteiger partial charge on any atom is -0.495 e. The van der Waals surface area contributed by atoms with Crippen molar-refractivity contribution in [1.29, 1.82) is 0 Å². The number of anilines is 1. The Hall–Kier alpha value is -2.51. The van der Waals surface area contributed by atoms with Crippen molar-refractivity contribution in [2.45, 2.75) is 19.0 Å². The van der Waals surface area contributed by atoms with Crippen molar-refractivity contribution < 1.29 is 9.53 Å². The molecule has 0 fully saturated rings. The van der Waals surface area contributed by atoms with Gasteiger partial charge in [-0.05, 0) is 43.7 Å². The molecule has 1 amide bonds. The lowest BCUT2D eigenvalue weighted by Crippen LogP contribution is -2.15. The summed E-state index contributed by atoms with van der Waals surface area (Å²) < 4.78 is 7.31. The van der Waals surface area contributed by atoms with Gasteiger partial charge in [-0.25, -0.2) is 0 Å². The molecule has 0 unspecified atom stereocenters. The zero-order valence-electron chi connectivity index (χ0n) is 15.2. The standard InChI is InChI=1S/C19H19ClN4O2S/c1-12-14(20)7-6-8-15(12)21-18(25)11-27-19-23-22-13(2)24(19)16-9-4-5-10-17(16)26-3/h4-10H,11H2,1-3H3,(H,21,25). The summed E-state index contributed by atoms with van der Waals surface area (Å²) in [6, 6.07) is 13.0. The van der Waals surface area contributed by atoms with Gasteiger partial charge in [0.05, 0.1) is 18.6 Å². The molecule has 0 aliphatic carbocycles. The van der Waals surface area contributed by atoms with Crippen LogP contribution >= 0.6 is 23.4 Å². The molecule has 0 radical (unpaired) electrons. The molecule has 8 heteroatoms. The second kappa shape index (κ2) is 8.45. The summed E-state index contributed by atoms with van der Waals surface area (Å²) in [6.45, 7) is 3.73. The normalized spacial score (nSPS) is 10.7. The van der Waals surface area contributed by atoms with Crippen molar-refractivity contribution in [3.05, 3.63) is 58.9 Å². The first-order valence-electron chi connectivity index (χ1n) is 8.24. The zero-order valence-corrected chi connectivity index (χ0v) is 16.8. The molecule has 27 heavy (non-hydrogen) atoms. The van der Waals surface area contributed by atoms with Crippen LogP contribution in [0.1, 0.15) is 11.4 Å². The van der Waals surface area contributed by atoms with Gasteiger partial charge in [0.25, 0.3) is 0 Å². The van der Waals surface area contributed by atoms with Gasteiger partial charge in [0.2, 0.25) is 5.91 Å². The fourth-order valence-electron chi connectivity index (χ4n) is 2.59. The van der Waals surface area contributed by atoms with Crippen LogP contribution in [0.5, 0.6) is 5.75 Å². The Labute approximate surface area is 166 Å². The van der Waals surface area contributed by atoms with E-state index in [0.29, 0.717) is 27.4 Å². The molecule has 0 spiro atoms. The summed E-state index contributed by atoms with van der Waals surface area (Å²) in [5, 5.41) is 12.5. The molecule has 6 nitrogen and oxygen atoms in total. The average Bonchev–Trinajstić information content (AvgIpc) is 3.04. The van der Waals surface area contributed by atoms with E-state index >= 15 is 0 Å². The number of benzene rings is 2. The Bertz CT molecular complexity index is 974. The number of amides is 1. The highest BCUT2D eigenvalue weighted by Crippen LogP contribution is 2.28. The highest BCUT2D eigenvalue weighted by molar-refractivity contribution is 7.99. The fraction of sp³-hybridized carbons (Fsp3) is 0.211. The first kappa shape index (κ1) is 19.3. The number of halogens is 1. The van der Waals surface area contributed by atoms with Crippen LogP contribution in [-0.2, 0) is 4.79 Å². The van der Waals surface area contributed by atoms with Crippen LogP contribution in [0.4, 0.5) is 5.69 Å². The van der Waals surface area contributed by atoms with E-state index in [1.54, 1.807) is 19.2 Å². The molecule has 0 aliphatic heterocycles. The number of aryl methyl sites for hydroxylation is 1. The van der Waals surface area contributed by atoms with Gasteiger partial charge in [0.15, 0.2) is 5.16 Å². The van der Waals surface area contributed by atoms with Crippen LogP contribution in [0.25, 0.3) is 5.69 Å². The summed E-state index contributed by atoms with van der Waals surface area (Å²) in [6.07, 6.45) is 0. The number of methoxy groups -OCH3 is 1. The number of carbonyl (C=O) groups is 1. The van der Waals surface area contributed by atoms with E-state index in [1.807, 2.05) is 48.7 Å². The van der Waals surface area contributed by atoms with Gasteiger partial charge in [-0.3, -0.25) is 9.36 Å². The third kappa shape index (κ3) is 4.26. The van der Waals surface area contributed by atoms with Crippen molar-refractivity contribution in [3.63, 3.8) is 0 Å². The molecule has 2 aromatic carbocycles. The lowest BCUT2D eigenvalue weighted by Gasteiger charge is -2.12. The van der Waals surface area contributed by atoms with Crippen molar-refractivity contribution >= 4 is 35.0 Å². The van der Waals surface area contributed by atoms with Gasteiger partial charge in [-0.1, -0.05) is 41.6 Å². The molecule has 0 bridgehead atoms. The molecule has 0 saturated carbocycles. The highest BCUT2D eigenvalue weighted by atomic mass is 35.5. The third-order valence-electron chi connectivity index (χ3n) is 4.00. The Balaban J connectivity index is 1.76. The van der Waals surface area contributed by atoms with E-state index in [9.17, 15) is 4.79 Å². The van der Waals surface area contributed by atoms with E-state index in [2.05, 4.69) is 15.5 Å². The molecular formula is C19H19ClN4O2S. The maximum absolute atomic E-state index is 12.4. The van der Waals surface area contributed by atoms with E-state index in [1.165, 1.54) is 11.8 Å². The topological polar surface area (TPSA) is 69.0 Å². The van der Waals surface area contributed by atoms with Gasteiger partial charge < -0.3 is 10.1 Å². The van der Waals surface area contributed by atoms with Crippen molar-refractivity contribution in [2.24, 2.45) is 0 Å². The molecule has 1 heterocycles. The van der Waals surface area contributed by atoms with E-state index in [-0.39, 0.29) is 11.7 Å². The number of ether oxygens (including phenoxy) is 1. The molecule has 0 atom stereocenters. The van der Waals surface area contributed by atoms with Crippen LogP contribution in [-0.4, -0.2) is 33.5 Å². The zero-order chi connectivity index (χ0) is 19.4. The van der Waals surface area contributed by atoms with Crippen LogP contribution in [0, 0.1) is 13.8 Å². The summed E-state index contributed by atoms with van der Waals surface area (Å²) in [5.74, 6) is 1.48. The summed E-state index contributed by atoms with van der Waals surface area (Å²) in [5.41, 5.74) is 2.37. The van der Waals surface area contributed by atoms with Crippen LogP contribution in [0.3, 0.4) is 0 Å². The number of carbonyl (C=O) groups excluding carboxylic acids is 1. The first-order chi connectivity index (χ1) is 13.0. The predicted octanol–water partition coefficient (Wildman–Crippen LogP) is 4.28. The monoisotopic (exact) mass is 402 g/mol. The predicted molar refractivity (Wildman–Crippen MR) is 108 cm³/mol. The Morgan fingerprint density at radius 2 is 1.96 bits per heavy atom. The Kier molecular flexibility index (Phi) is 6.03. The molecular weight excluding hydrogens is 384 g/mol. The molecule has 3 rings (SSSR count). The van der Waals surface area contributed by atoms with Gasteiger partial charge in [0.1, 0.15) is 11.6 Å². The van der Waals surface area contributed by atoms with E-state index in [0.717, 1.165) is 11.3 Å². The first-order valence-corrected chi connectivity index (χ1v) is 9.60. The second-order valence-corrected chi connectivity index (χ2v) is 7.14. The number of hydrogen-bond donors (Lipinski definition) is 1. The minimum absolute atomic E-state index is 0.141. The van der Waals surface area contributed by atoms with Crippen molar-refractivity contribution in [1.82, 2.24) is 14.8 Å². The molecule has 3 aromatic rings. The summed E-state index contributed by atoms with van der Waals surface area (Å²) >= 11 is 7.41. The number of rotatable bonds is 6. The number of aromatic nitrogens is 3. The van der Waals surface area contributed by atoms with Crippen LogP contribution < -0.4 is 10.1 Å². The van der Waals surface area contributed by atoms with E-state index in [4.69, 9.17) is 16.3 Å². The molecule has 1 aromatic heterocycles. The number of hydrogen-bond acceptors (Lipinski definition) is 5.